The van der Waals surface area contributed by atoms with Gasteiger partial charge in [-0.2, -0.15) is 11.8 Å². The van der Waals surface area contributed by atoms with Crippen LogP contribution in [-0.2, 0) is 14.8 Å². The van der Waals surface area contributed by atoms with Crippen LogP contribution in [0.2, 0.25) is 0 Å². The second-order valence-electron chi connectivity index (χ2n) is 5.40. The monoisotopic (exact) mass is 291 g/mol. The van der Waals surface area contributed by atoms with Crippen molar-refractivity contribution >= 4 is 27.7 Å². The van der Waals surface area contributed by atoms with E-state index in [1.165, 1.54) is 12.8 Å². The van der Waals surface area contributed by atoms with Crippen molar-refractivity contribution in [1.29, 1.82) is 0 Å². The molecule has 2 fully saturated rings. The van der Waals surface area contributed by atoms with Crippen molar-refractivity contribution in [3.63, 3.8) is 0 Å². The molecule has 0 unspecified atom stereocenters. The van der Waals surface area contributed by atoms with Crippen LogP contribution in [0, 0.1) is 17.8 Å². The molecule has 0 aromatic rings. The second-order valence-corrected chi connectivity index (χ2v) is 8.22. The van der Waals surface area contributed by atoms with Gasteiger partial charge in [0.05, 0.1) is 5.75 Å². The molecule has 2 rings (SSSR count). The fourth-order valence-corrected chi connectivity index (χ4v) is 4.22. The zero-order valence-corrected chi connectivity index (χ0v) is 12.4. The van der Waals surface area contributed by atoms with Gasteiger partial charge in [0.2, 0.25) is 15.9 Å². The SMILES string of the molecule is CSCCCS(=O)(=O)NC(=O)C1CC(C2CC2)C1. The number of hydrogen-bond donors (Lipinski definition) is 1. The van der Waals surface area contributed by atoms with Crippen LogP contribution in [0.1, 0.15) is 32.1 Å². The lowest BCUT2D eigenvalue weighted by atomic mass is 9.72. The molecule has 2 saturated carbocycles. The minimum Gasteiger partial charge on any atom is -0.274 e. The molecule has 0 aromatic carbocycles. The largest absolute Gasteiger partial charge is 0.274 e. The Kier molecular flexibility index (Phi) is 4.59. The molecular weight excluding hydrogens is 270 g/mol. The standard InChI is InChI=1S/C12H21NO3S2/c1-17-5-2-6-18(15,16)13-12(14)11-7-10(8-11)9-3-4-9/h9-11H,2-8H2,1H3,(H,13,14). The third-order valence-electron chi connectivity index (χ3n) is 3.85. The number of hydrogen-bond acceptors (Lipinski definition) is 4. The van der Waals surface area contributed by atoms with Crippen molar-refractivity contribution in [2.75, 3.05) is 17.8 Å². The van der Waals surface area contributed by atoms with E-state index >= 15 is 0 Å². The van der Waals surface area contributed by atoms with Gasteiger partial charge in [0.15, 0.2) is 0 Å². The predicted molar refractivity (Wildman–Crippen MR) is 73.9 cm³/mol. The quantitative estimate of drug-likeness (QED) is 0.724. The molecule has 0 atom stereocenters. The summed E-state index contributed by atoms with van der Waals surface area (Å²) in [5.41, 5.74) is 0. The zero-order chi connectivity index (χ0) is 13.2. The van der Waals surface area contributed by atoms with E-state index < -0.39 is 10.0 Å². The van der Waals surface area contributed by atoms with Crippen LogP contribution in [0.25, 0.3) is 0 Å². The number of thioether (sulfide) groups is 1. The van der Waals surface area contributed by atoms with Crippen molar-refractivity contribution in [2.24, 2.45) is 17.8 Å². The minimum atomic E-state index is -3.41. The molecule has 104 valence electrons. The summed E-state index contributed by atoms with van der Waals surface area (Å²) in [6.45, 7) is 0. The highest BCUT2D eigenvalue weighted by atomic mass is 32.2. The Hall–Kier alpha value is -0.230. The molecule has 4 nitrogen and oxygen atoms in total. The van der Waals surface area contributed by atoms with Crippen LogP contribution in [0.5, 0.6) is 0 Å². The third-order valence-corrected chi connectivity index (χ3v) is 5.89. The number of carbonyl (C=O) groups is 1. The van der Waals surface area contributed by atoms with E-state index in [0.29, 0.717) is 12.3 Å². The van der Waals surface area contributed by atoms with Gasteiger partial charge in [0.25, 0.3) is 0 Å². The number of nitrogens with one attached hydrogen (secondary N) is 1. The number of carbonyl (C=O) groups excluding carboxylic acids is 1. The molecule has 0 heterocycles. The average molecular weight is 291 g/mol. The summed E-state index contributed by atoms with van der Waals surface area (Å²) in [5, 5.41) is 0. The van der Waals surface area contributed by atoms with Crippen LogP contribution in [0.4, 0.5) is 0 Å². The molecule has 0 spiro atoms. The average Bonchev–Trinajstić information content (AvgIpc) is 2.98. The molecule has 2 aliphatic rings. The van der Waals surface area contributed by atoms with Gasteiger partial charge < -0.3 is 0 Å². The van der Waals surface area contributed by atoms with E-state index in [0.717, 1.165) is 24.5 Å². The van der Waals surface area contributed by atoms with Crippen molar-refractivity contribution in [3.05, 3.63) is 0 Å². The van der Waals surface area contributed by atoms with E-state index in [-0.39, 0.29) is 17.6 Å². The normalized spacial score (nSPS) is 27.6. The molecule has 2 aliphatic carbocycles. The Morgan fingerprint density at radius 3 is 2.50 bits per heavy atom. The summed E-state index contributed by atoms with van der Waals surface area (Å²) in [5.74, 6) is 2.02. The van der Waals surface area contributed by atoms with Crippen molar-refractivity contribution in [3.8, 4) is 0 Å². The first-order chi connectivity index (χ1) is 8.52. The van der Waals surface area contributed by atoms with Gasteiger partial charge in [0.1, 0.15) is 0 Å². The van der Waals surface area contributed by atoms with Gasteiger partial charge in [-0.25, -0.2) is 8.42 Å². The Bertz CT molecular complexity index is 398. The molecule has 0 radical (unpaired) electrons. The summed E-state index contributed by atoms with van der Waals surface area (Å²) in [6.07, 6.45) is 6.91. The lowest BCUT2D eigenvalue weighted by Gasteiger charge is -2.34. The van der Waals surface area contributed by atoms with Crippen LogP contribution >= 0.6 is 11.8 Å². The molecule has 0 bridgehead atoms. The molecule has 18 heavy (non-hydrogen) atoms. The van der Waals surface area contributed by atoms with Crippen LogP contribution in [0.3, 0.4) is 0 Å². The van der Waals surface area contributed by atoms with E-state index in [4.69, 9.17) is 0 Å². The fourth-order valence-electron chi connectivity index (χ4n) is 2.51. The van der Waals surface area contributed by atoms with Gasteiger partial charge in [-0.05, 0) is 55.9 Å². The molecule has 0 aromatic heterocycles. The minimum absolute atomic E-state index is 0.0539. The van der Waals surface area contributed by atoms with E-state index in [9.17, 15) is 13.2 Å². The lowest BCUT2D eigenvalue weighted by Crippen LogP contribution is -2.42. The van der Waals surface area contributed by atoms with Gasteiger partial charge in [-0.1, -0.05) is 0 Å². The molecule has 0 saturated heterocycles. The highest BCUT2D eigenvalue weighted by molar-refractivity contribution is 7.98. The summed E-state index contributed by atoms with van der Waals surface area (Å²) in [4.78, 5) is 11.8. The Morgan fingerprint density at radius 1 is 1.28 bits per heavy atom. The van der Waals surface area contributed by atoms with Crippen LogP contribution in [0.15, 0.2) is 0 Å². The molecule has 1 amide bonds. The van der Waals surface area contributed by atoms with Gasteiger partial charge in [-0.3, -0.25) is 9.52 Å². The molecular formula is C12H21NO3S2. The zero-order valence-electron chi connectivity index (χ0n) is 10.7. The summed E-state index contributed by atoms with van der Waals surface area (Å²) >= 11 is 1.62. The van der Waals surface area contributed by atoms with E-state index in [1.807, 2.05) is 6.26 Å². The van der Waals surface area contributed by atoms with Crippen LogP contribution < -0.4 is 4.72 Å². The summed E-state index contributed by atoms with van der Waals surface area (Å²) in [7, 11) is -3.41. The number of sulfonamides is 1. The Labute approximate surface area is 113 Å². The second kappa shape index (κ2) is 5.82. The van der Waals surface area contributed by atoms with E-state index in [2.05, 4.69) is 4.72 Å². The smallest absolute Gasteiger partial charge is 0.236 e. The first-order valence-corrected chi connectivity index (χ1v) is 9.59. The van der Waals surface area contributed by atoms with Gasteiger partial charge >= 0.3 is 0 Å². The fraction of sp³-hybridized carbons (Fsp3) is 0.917. The summed E-state index contributed by atoms with van der Waals surface area (Å²) in [6, 6.07) is 0. The Balaban J connectivity index is 1.70. The highest BCUT2D eigenvalue weighted by Gasteiger charge is 2.43. The Morgan fingerprint density at radius 2 is 1.94 bits per heavy atom. The van der Waals surface area contributed by atoms with E-state index in [1.54, 1.807) is 11.8 Å². The van der Waals surface area contributed by atoms with Crippen LogP contribution in [-0.4, -0.2) is 32.1 Å². The topological polar surface area (TPSA) is 63.2 Å². The van der Waals surface area contributed by atoms with Crippen molar-refractivity contribution < 1.29 is 13.2 Å². The lowest BCUT2D eigenvalue weighted by molar-refractivity contribution is -0.127. The number of rotatable bonds is 7. The maximum Gasteiger partial charge on any atom is 0.236 e. The van der Waals surface area contributed by atoms with Gasteiger partial charge in [-0.15, -0.1) is 0 Å². The van der Waals surface area contributed by atoms with Crippen molar-refractivity contribution in [2.45, 2.75) is 32.1 Å². The maximum atomic E-state index is 11.8. The first kappa shape index (κ1) is 14.2. The van der Waals surface area contributed by atoms with Gasteiger partial charge in [0, 0.05) is 5.92 Å². The third kappa shape index (κ3) is 3.88. The number of amides is 1. The van der Waals surface area contributed by atoms with Crippen molar-refractivity contribution in [1.82, 2.24) is 4.72 Å². The molecule has 1 N–H and O–H groups in total. The molecule has 0 aliphatic heterocycles. The maximum absolute atomic E-state index is 11.8. The predicted octanol–water partition coefficient (Wildman–Crippen LogP) is 1.62. The highest BCUT2D eigenvalue weighted by Crippen LogP contribution is 2.49. The molecule has 6 heteroatoms. The first-order valence-electron chi connectivity index (χ1n) is 6.55. The summed E-state index contributed by atoms with van der Waals surface area (Å²) < 4.78 is 25.5.